The van der Waals surface area contributed by atoms with E-state index in [1.165, 1.54) is 12.1 Å². The average Bonchev–Trinajstić information content (AvgIpc) is 2.79. The molecule has 0 aliphatic carbocycles. The Morgan fingerprint density at radius 3 is 2.30 bits per heavy atom. The number of benzene rings is 1. The van der Waals surface area contributed by atoms with Gasteiger partial charge in [-0.2, -0.15) is 0 Å². The molecule has 0 spiro atoms. The lowest BCUT2D eigenvalue weighted by molar-refractivity contribution is -0.386. The molecule has 1 atom stereocenters. The molecule has 0 fully saturated rings. The van der Waals surface area contributed by atoms with E-state index < -0.39 is 23.0 Å². The number of amides is 2. The second-order valence-corrected chi connectivity index (χ2v) is 7.56. The number of hydrogen-bond acceptors (Lipinski definition) is 7. The first-order valence-corrected chi connectivity index (χ1v) is 11.4. The summed E-state index contributed by atoms with van der Waals surface area (Å²) in [5.74, 6) is -0.223. The van der Waals surface area contributed by atoms with Gasteiger partial charge in [-0.15, -0.1) is 0 Å². The highest BCUT2D eigenvalue weighted by Crippen LogP contribution is 2.41. The van der Waals surface area contributed by atoms with Crippen LogP contribution in [0.15, 0.2) is 23.4 Å². The first-order chi connectivity index (χ1) is 15.9. The zero-order valence-corrected chi connectivity index (χ0v) is 19.7. The van der Waals surface area contributed by atoms with Gasteiger partial charge in [-0.1, -0.05) is 27.2 Å². The van der Waals surface area contributed by atoms with Crippen LogP contribution in [0, 0.1) is 10.1 Å². The van der Waals surface area contributed by atoms with Crippen molar-refractivity contribution in [2.75, 3.05) is 19.8 Å². The highest BCUT2D eigenvalue weighted by atomic mass is 16.6. The molecule has 2 amide bonds. The monoisotopic (exact) mass is 463 g/mol. The summed E-state index contributed by atoms with van der Waals surface area (Å²) in [6.45, 7) is 8.30. The topological polar surface area (TPSA) is 129 Å². The third-order valence-corrected chi connectivity index (χ3v) is 4.95. The largest absolute Gasteiger partial charge is 0.493 e. The molecular weight excluding hydrogens is 430 g/mol. The Bertz CT molecular complexity index is 898. The molecule has 10 nitrogen and oxygen atoms in total. The number of urea groups is 1. The molecule has 1 aliphatic rings. The molecule has 1 aromatic rings. The summed E-state index contributed by atoms with van der Waals surface area (Å²) in [7, 11) is 0. The number of ether oxygens (including phenoxy) is 3. The fourth-order valence-electron chi connectivity index (χ4n) is 3.45. The summed E-state index contributed by atoms with van der Waals surface area (Å²) in [6.07, 6.45) is 3.43. The number of hydrogen-bond donors (Lipinski definition) is 2. The minimum atomic E-state index is -0.976. The number of nitrogens with zero attached hydrogens (tertiary/aromatic N) is 1. The summed E-state index contributed by atoms with van der Waals surface area (Å²) >= 11 is 0. The number of nitro benzene ring substituents is 1. The molecule has 0 aromatic heterocycles. The van der Waals surface area contributed by atoms with Crippen LogP contribution in [0.2, 0.25) is 0 Å². The second-order valence-electron chi connectivity index (χ2n) is 7.56. The van der Waals surface area contributed by atoms with Crippen LogP contribution >= 0.6 is 0 Å². The fraction of sp³-hybridized carbons (Fsp3) is 0.565. The number of allylic oxidation sites excluding steroid dienone is 1. The number of nitrogens with one attached hydrogen (secondary N) is 2. The molecule has 1 aliphatic heterocycles. The lowest BCUT2D eigenvalue weighted by Gasteiger charge is -2.30. The molecule has 0 saturated carbocycles. The first-order valence-electron chi connectivity index (χ1n) is 11.4. The van der Waals surface area contributed by atoms with Crippen LogP contribution in [0.4, 0.5) is 10.5 Å². The third-order valence-electron chi connectivity index (χ3n) is 4.95. The Morgan fingerprint density at radius 1 is 1.06 bits per heavy atom. The van der Waals surface area contributed by atoms with Crippen molar-refractivity contribution >= 4 is 17.7 Å². The molecule has 2 N–H and O–H groups in total. The normalized spacial score (nSPS) is 15.5. The SMILES string of the molecule is CCCCC1=C(C(=O)OCC)C(c2cc([N+](=O)[O-])c(OCCC)cc2OCCC)NC(=O)N1. The Balaban J connectivity index is 2.71. The van der Waals surface area contributed by atoms with Crippen molar-refractivity contribution in [1.82, 2.24) is 10.6 Å². The van der Waals surface area contributed by atoms with Gasteiger partial charge in [0.25, 0.3) is 0 Å². The van der Waals surface area contributed by atoms with Crippen molar-refractivity contribution in [2.45, 2.75) is 65.8 Å². The van der Waals surface area contributed by atoms with Gasteiger partial charge in [0.1, 0.15) is 5.75 Å². The van der Waals surface area contributed by atoms with Crippen molar-refractivity contribution in [1.29, 1.82) is 0 Å². The van der Waals surface area contributed by atoms with E-state index >= 15 is 0 Å². The van der Waals surface area contributed by atoms with Gasteiger partial charge in [0.15, 0.2) is 0 Å². The van der Waals surface area contributed by atoms with Gasteiger partial charge in [-0.05, 0) is 32.6 Å². The van der Waals surface area contributed by atoms with E-state index in [2.05, 4.69) is 10.6 Å². The Kier molecular flexibility index (Phi) is 9.96. The average molecular weight is 464 g/mol. The summed E-state index contributed by atoms with van der Waals surface area (Å²) in [6, 6.07) is 1.29. The number of carbonyl (C=O) groups is 2. The minimum absolute atomic E-state index is 0.0739. The van der Waals surface area contributed by atoms with E-state index in [0.717, 1.165) is 12.8 Å². The zero-order chi connectivity index (χ0) is 24.4. The highest BCUT2D eigenvalue weighted by Gasteiger charge is 2.37. The maximum absolute atomic E-state index is 12.9. The van der Waals surface area contributed by atoms with E-state index in [-0.39, 0.29) is 23.6 Å². The molecule has 1 aromatic carbocycles. The standard InChI is InChI=1S/C23H33N3O7/c1-5-9-10-16-20(22(27)31-8-4)21(25-23(28)24-16)15-13-17(26(29)30)19(33-12-7-3)14-18(15)32-11-6-2/h13-14,21H,5-12H2,1-4H3,(H2,24,25,28). The number of carbonyl (C=O) groups excluding carboxylic acids is 2. The van der Waals surface area contributed by atoms with Crippen LogP contribution in [-0.2, 0) is 9.53 Å². The van der Waals surface area contributed by atoms with Gasteiger partial charge in [0, 0.05) is 23.4 Å². The summed E-state index contributed by atoms with van der Waals surface area (Å²) in [4.78, 5) is 36.7. The summed E-state index contributed by atoms with van der Waals surface area (Å²) < 4.78 is 16.7. The van der Waals surface area contributed by atoms with Crippen molar-refractivity contribution in [3.8, 4) is 11.5 Å². The van der Waals surface area contributed by atoms with E-state index in [4.69, 9.17) is 14.2 Å². The minimum Gasteiger partial charge on any atom is -0.493 e. The van der Waals surface area contributed by atoms with Crippen molar-refractivity contribution in [3.63, 3.8) is 0 Å². The highest BCUT2D eigenvalue weighted by molar-refractivity contribution is 5.95. The maximum atomic E-state index is 12.9. The number of esters is 1. The van der Waals surface area contributed by atoms with E-state index in [1.807, 2.05) is 20.8 Å². The molecule has 33 heavy (non-hydrogen) atoms. The molecule has 0 radical (unpaired) electrons. The first kappa shape index (κ1) is 26.0. The lowest BCUT2D eigenvalue weighted by atomic mass is 9.92. The van der Waals surface area contributed by atoms with E-state index in [0.29, 0.717) is 49.5 Å². The van der Waals surface area contributed by atoms with Crippen LogP contribution < -0.4 is 20.1 Å². The van der Waals surface area contributed by atoms with Crippen LogP contribution in [0.3, 0.4) is 0 Å². The smallest absolute Gasteiger partial charge is 0.338 e. The zero-order valence-electron chi connectivity index (χ0n) is 19.7. The third kappa shape index (κ3) is 6.59. The van der Waals surface area contributed by atoms with Gasteiger partial charge >= 0.3 is 17.7 Å². The van der Waals surface area contributed by atoms with Gasteiger partial charge in [0.05, 0.1) is 36.4 Å². The van der Waals surface area contributed by atoms with Crippen molar-refractivity contribution < 1.29 is 28.7 Å². The quantitative estimate of drug-likeness (QED) is 0.250. The van der Waals surface area contributed by atoms with E-state index in [9.17, 15) is 19.7 Å². The fourth-order valence-corrected chi connectivity index (χ4v) is 3.45. The Hall–Kier alpha value is -3.30. The van der Waals surface area contributed by atoms with Gasteiger partial charge in [-0.3, -0.25) is 10.1 Å². The molecule has 1 unspecified atom stereocenters. The Morgan fingerprint density at radius 2 is 1.73 bits per heavy atom. The van der Waals surface area contributed by atoms with Gasteiger partial charge in [0.2, 0.25) is 5.75 Å². The maximum Gasteiger partial charge on any atom is 0.338 e. The number of unbranched alkanes of at least 4 members (excludes halogenated alkanes) is 1. The summed E-state index contributed by atoms with van der Waals surface area (Å²) in [5.41, 5.74) is 0.682. The number of nitro groups is 1. The van der Waals surface area contributed by atoms with Crippen LogP contribution in [0.5, 0.6) is 11.5 Å². The molecule has 0 saturated heterocycles. The molecule has 0 bridgehead atoms. The predicted octanol–water partition coefficient (Wildman–Crippen LogP) is 4.53. The number of rotatable bonds is 13. The van der Waals surface area contributed by atoms with Crippen molar-refractivity contribution in [3.05, 3.63) is 39.1 Å². The van der Waals surface area contributed by atoms with Crippen LogP contribution in [0.1, 0.15) is 71.4 Å². The predicted molar refractivity (Wildman–Crippen MR) is 122 cm³/mol. The molecule has 182 valence electrons. The molecule has 10 heteroatoms. The van der Waals surface area contributed by atoms with Crippen LogP contribution in [0.25, 0.3) is 0 Å². The van der Waals surface area contributed by atoms with Crippen molar-refractivity contribution in [2.24, 2.45) is 0 Å². The lowest BCUT2D eigenvalue weighted by Crippen LogP contribution is -2.46. The molecular formula is C23H33N3O7. The van der Waals surface area contributed by atoms with Crippen LogP contribution in [-0.4, -0.2) is 36.7 Å². The Labute approximate surface area is 193 Å². The molecule has 1 heterocycles. The van der Waals surface area contributed by atoms with E-state index in [1.54, 1.807) is 6.92 Å². The molecule has 2 rings (SSSR count). The van der Waals surface area contributed by atoms with Gasteiger partial charge < -0.3 is 24.8 Å². The van der Waals surface area contributed by atoms with Gasteiger partial charge in [-0.25, -0.2) is 9.59 Å². The summed E-state index contributed by atoms with van der Waals surface area (Å²) in [5, 5.41) is 17.2. The second kappa shape index (κ2) is 12.7.